The third kappa shape index (κ3) is 2.09. The fourth-order valence-electron chi connectivity index (χ4n) is 1.09. The van der Waals surface area contributed by atoms with Gasteiger partial charge in [-0.25, -0.2) is 0 Å². The van der Waals surface area contributed by atoms with Gasteiger partial charge in [0.1, 0.15) is 11.8 Å². The van der Waals surface area contributed by atoms with E-state index in [1.54, 1.807) is 12.1 Å². The second-order valence-corrected chi connectivity index (χ2v) is 2.70. The van der Waals surface area contributed by atoms with Gasteiger partial charge in [0.2, 0.25) is 0 Å². The molecule has 0 saturated heterocycles. The van der Waals surface area contributed by atoms with Crippen LogP contribution >= 0.6 is 0 Å². The molecule has 13 heavy (non-hydrogen) atoms. The fourth-order valence-corrected chi connectivity index (χ4v) is 1.09. The van der Waals surface area contributed by atoms with Gasteiger partial charge in [0, 0.05) is 0 Å². The first-order valence-electron chi connectivity index (χ1n) is 4.11. The number of phenolic OH excluding ortho intramolecular Hbond substituents is 1. The van der Waals surface area contributed by atoms with E-state index in [1.807, 2.05) is 31.2 Å². The van der Waals surface area contributed by atoms with Crippen LogP contribution in [-0.2, 0) is 6.42 Å². The van der Waals surface area contributed by atoms with Gasteiger partial charge in [-0.3, -0.25) is 0 Å². The van der Waals surface area contributed by atoms with E-state index in [0.29, 0.717) is 12.0 Å². The third-order valence-electron chi connectivity index (χ3n) is 1.81. The van der Waals surface area contributed by atoms with Crippen molar-refractivity contribution in [1.29, 1.82) is 5.26 Å². The Hall–Kier alpha value is -1.75. The molecule has 0 fully saturated rings. The van der Waals surface area contributed by atoms with Gasteiger partial charge in [-0.15, -0.1) is 0 Å². The second-order valence-electron chi connectivity index (χ2n) is 2.70. The molecule has 0 atom stereocenters. The molecule has 1 rings (SSSR count). The van der Waals surface area contributed by atoms with Crippen molar-refractivity contribution in [3.63, 3.8) is 0 Å². The summed E-state index contributed by atoms with van der Waals surface area (Å²) in [7, 11) is 0. The van der Waals surface area contributed by atoms with Crippen LogP contribution in [0.2, 0.25) is 0 Å². The van der Waals surface area contributed by atoms with Crippen LogP contribution in [0.3, 0.4) is 0 Å². The zero-order valence-corrected chi connectivity index (χ0v) is 7.49. The highest BCUT2D eigenvalue weighted by Crippen LogP contribution is 2.21. The van der Waals surface area contributed by atoms with Crippen molar-refractivity contribution in [2.24, 2.45) is 0 Å². The third-order valence-corrected chi connectivity index (χ3v) is 1.81. The maximum Gasteiger partial charge on any atom is 0.136 e. The van der Waals surface area contributed by atoms with Gasteiger partial charge in [-0.05, 0) is 25.0 Å². The van der Waals surface area contributed by atoms with E-state index >= 15 is 0 Å². The molecule has 0 aliphatic rings. The fraction of sp³-hybridized carbons (Fsp3) is 0.182. The van der Waals surface area contributed by atoms with Gasteiger partial charge in [0.25, 0.3) is 0 Å². The Labute approximate surface area is 77.8 Å². The Kier molecular flexibility index (Phi) is 3.10. The SMILES string of the molecule is C/C=C/Cc1cccc(C#N)c1O. The standard InChI is InChI=1S/C11H11NO/c1-2-3-5-9-6-4-7-10(8-12)11(9)13/h2-4,6-7,13H,5H2,1H3/b3-2+. The van der Waals surface area contributed by atoms with Gasteiger partial charge < -0.3 is 5.11 Å². The van der Waals surface area contributed by atoms with Crippen molar-refractivity contribution >= 4 is 0 Å². The molecular formula is C11H11NO. The van der Waals surface area contributed by atoms with Crippen LogP contribution in [0.5, 0.6) is 5.75 Å². The number of hydrogen-bond acceptors (Lipinski definition) is 2. The summed E-state index contributed by atoms with van der Waals surface area (Å²) in [6, 6.07) is 7.13. The minimum atomic E-state index is 0.100. The molecule has 0 spiro atoms. The number of nitriles is 1. The van der Waals surface area contributed by atoms with Crippen LogP contribution in [0.25, 0.3) is 0 Å². The Morgan fingerprint density at radius 3 is 2.92 bits per heavy atom. The van der Waals surface area contributed by atoms with Gasteiger partial charge in [-0.2, -0.15) is 5.26 Å². The van der Waals surface area contributed by atoms with Gasteiger partial charge >= 0.3 is 0 Å². The Balaban J connectivity index is 3.03. The van der Waals surface area contributed by atoms with Crippen molar-refractivity contribution in [3.05, 3.63) is 41.5 Å². The Bertz CT molecular complexity index is 361. The minimum absolute atomic E-state index is 0.100. The summed E-state index contributed by atoms with van der Waals surface area (Å²) in [5.41, 5.74) is 1.12. The van der Waals surface area contributed by atoms with Crippen LogP contribution < -0.4 is 0 Å². The van der Waals surface area contributed by atoms with E-state index in [1.165, 1.54) is 0 Å². The number of rotatable bonds is 2. The number of allylic oxidation sites excluding steroid dienone is 2. The van der Waals surface area contributed by atoms with Crippen molar-refractivity contribution in [3.8, 4) is 11.8 Å². The smallest absolute Gasteiger partial charge is 0.136 e. The molecule has 2 nitrogen and oxygen atoms in total. The average Bonchev–Trinajstić information content (AvgIpc) is 2.16. The summed E-state index contributed by atoms with van der Waals surface area (Å²) in [6.07, 6.45) is 4.52. The highest BCUT2D eigenvalue weighted by molar-refractivity contribution is 5.47. The molecule has 1 aromatic carbocycles. The number of benzene rings is 1. The molecule has 0 amide bonds. The lowest BCUT2D eigenvalue weighted by molar-refractivity contribution is 0.468. The first-order valence-corrected chi connectivity index (χ1v) is 4.11. The van der Waals surface area contributed by atoms with Crippen LogP contribution in [0.4, 0.5) is 0 Å². The van der Waals surface area contributed by atoms with Gasteiger partial charge in [-0.1, -0.05) is 24.3 Å². The zero-order chi connectivity index (χ0) is 9.68. The molecule has 0 radical (unpaired) electrons. The summed E-state index contributed by atoms with van der Waals surface area (Å²) in [5, 5.41) is 18.2. The van der Waals surface area contributed by atoms with Crippen LogP contribution in [0.1, 0.15) is 18.1 Å². The molecule has 0 aliphatic carbocycles. The van der Waals surface area contributed by atoms with Crippen LogP contribution in [-0.4, -0.2) is 5.11 Å². The minimum Gasteiger partial charge on any atom is -0.506 e. The lowest BCUT2D eigenvalue weighted by Gasteiger charge is -2.01. The second kappa shape index (κ2) is 4.32. The molecule has 0 aliphatic heterocycles. The molecular weight excluding hydrogens is 162 g/mol. The first kappa shape index (κ1) is 9.34. The van der Waals surface area contributed by atoms with Crippen molar-refractivity contribution < 1.29 is 5.11 Å². The predicted octanol–water partition coefficient (Wildman–Crippen LogP) is 2.38. The molecule has 66 valence electrons. The summed E-state index contributed by atoms with van der Waals surface area (Å²) in [4.78, 5) is 0. The zero-order valence-electron chi connectivity index (χ0n) is 7.49. The van der Waals surface area contributed by atoms with Crippen molar-refractivity contribution in [1.82, 2.24) is 0 Å². The molecule has 0 saturated carbocycles. The number of para-hydroxylation sites is 1. The molecule has 2 heteroatoms. The van der Waals surface area contributed by atoms with Crippen LogP contribution in [0, 0.1) is 11.3 Å². The largest absolute Gasteiger partial charge is 0.506 e. The van der Waals surface area contributed by atoms with Gasteiger partial charge in [0.15, 0.2) is 0 Å². The van der Waals surface area contributed by atoms with E-state index in [4.69, 9.17) is 5.26 Å². The quantitative estimate of drug-likeness (QED) is 0.698. The molecule has 0 unspecified atom stereocenters. The van der Waals surface area contributed by atoms with Gasteiger partial charge in [0.05, 0.1) is 5.56 Å². The summed E-state index contributed by atoms with van der Waals surface area (Å²) in [5.74, 6) is 0.100. The number of phenols is 1. The summed E-state index contributed by atoms with van der Waals surface area (Å²) in [6.45, 7) is 1.92. The van der Waals surface area contributed by atoms with E-state index in [0.717, 1.165) is 5.56 Å². The Morgan fingerprint density at radius 1 is 1.54 bits per heavy atom. The van der Waals surface area contributed by atoms with Crippen molar-refractivity contribution in [2.75, 3.05) is 0 Å². The molecule has 0 heterocycles. The summed E-state index contributed by atoms with van der Waals surface area (Å²) >= 11 is 0. The maximum atomic E-state index is 9.56. The monoisotopic (exact) mass is 173 g/mol. The maximum absolute atomic E-state index is 9.56. The summed E-state index contributed by atoms with van der Waals surface area (Å²) < 4.78 is 0. The van der Waals surface area contributed by atoms with E-state index in [-0.39, 0.29) is 5.75 Å². The number of nitrogens with zero attached hydrogens (tertiary/aromatic N) is 1. The van der Waals surface area contributed by atoms with E-state index < -0.39 is 0 Å². The number of aromatic hydroxyl groups is 1. The van der Waals surface area contributed by atoms with Crippen LogP contribution in [0.15, 0.2) is 30.4 Å². The molecule has 0 bridgehead atoms. The van der Waals surface area contributed by atoms with Crippen molar-refractivity contribution in [2.45, 2.75) is 13.3 Å². The van der Waals surface area contributed by atoms with E-state index in [2.05, 4.69) is 0 Å². The first-order chi connectivity index (χ1) is 6.29. The molecule has 1 N–H and O–H groups in total. The Morgan fingerprint density at radius 2 is 2.31 bits per heavy atom. The highest BCUT2D eigenvalue weighted by atomic mass is 16.3. The molecule has 1 aromatic rings. The molecule has 0 aromatic heterocycles. The topological polar surface area (TPSA) is 44.0 Å². The van der Waals surface area contributed by atoms with E-state index in [9.17, 15) is 5.11 Å². The highest BCUT2D eigenvalue weighted by Gasteiger charge is 2.03. The number of hydrogen-bond donors (Lipinski definition) is 1. The predicted molar refractivity (Wildman–Crippen MR) is 51.3 cm³/mol. The average molecular weight is 173 g/mol. The lowest BCUT2D eigenvalue weighted by Crippen LogP contribution is -1.85. The lowest BCUT2D eigenvalue weighted by atomic mass is 10.1. The normalized spacial score (nSPS) is 10.2.